The molecule has 3 rings (SSSR count). The topological polar surface area (TPSA) is 155 Å². The molecule has 0 aliphatic carbocycles. The summed E-state index contributed by atoms with van der Waals surface area (Å²) >= 11 is 1.29. The average Bonchev–Trinajstić information content (AvgIpc) is 3.19. The Hall–Kier alpha value is -2.67. The monoisotopic (exact) mass is 464 g/mol. The summed E-state index contributed by atoms with van der Waals surface area (Å²) < 4.78 is 1.72. The van der Waals surface area contributed by atoms with Crippen LogP contribution in [0.25, 0.3) is 5.78 Å². The third kappa shape index (κ3) is 6.42. The fourth-order valence-corrected chi connectivity index (χ4v) is 4.36. The van der Waals surface area contributed by atoms with Crippen LogP contribution < -0.4 is 21.7 Å². The van der Waals surface area contributed by atoms with Crippen molar-refractivity contribution in [2.75, 3.05) is 55.7 Å². The van der Waals surface area contributed by atoms with Gasteiger partial charge in [0.2, 0.25) is 23.7 Å². The van der Waals surface area contributed by atoms with Crippen molar-refractivity contribution in [3.8, 4) is 0 Å². The van der Waals surface area contributed by atoms with Crippen molar-refractivity contribution in [2.45, 2.75) is 38.3 Å². The lowest BCUT2D eigenvalue weighted by Crippen LogP contribution is -2.42. The summed E-state index contributed by atoms with van der Waals surface area (Å²) in [6.07, 6.45) is 2.67. The van der Waals surface area contributed by atoms with Gasteiger partial charge in [0, 0.05) is 26.2 Å². The predicted molar refractivity (Wildman–Crippen MR) is 124 cm³/mol. The summed E-state index contributed by atoms with van der Waals surface area (Å²) in [7, 11) is 0. The van der Waals surface area contributed by atoms with Crippen LogP contribution >= 0.6 is 11.8 Å². The lowest BCUT2D eigenvalue weighted by Gasteiger charge is -2.31. The van der Waals surface area contributed by atoms with E-state index in [1.165, 1.54) is 11.8 Å². The molecule has 13 heteroatoms. The van der Waals surface area contributed by atoms with Gasteiger partial charge in [0.1, 0.15) is 0 Å². The Kier molecular flexibility index (Phi) is 8.85. The standard InChI is InChI=1S/C19H32N10O2S/c1-3-21-16-24-17(22-4-2)29-18(25-16)26-27-19(29)32-12-14(30)23-8-6-10-28-9-5-7-13(11-28)15(20)31/h13H,3-12H2,1-2H3,(H2,20,31)(H,23,30)(H2,21,22,24,25,26). The number of aromatic nitrogens is 5. The third-order valence-corrected chi connectivity index (χ3v) is 6.06. The molecule has 1 aliphatic rings. The number of thioether (sulfide) groups is 1. The van der Waals surface area contributed by atoms with Crippen molar-refractivity contribution >= 4 is 41.3 Å². The minimum Gasteiger partial charge on any atom is -0.369 e. The average molecular weight is 465 g/mol. The molecule has 0 aromatic carbocycles. The lowest BCUT2D eigenvalue weighted by atomic mass is 9.97. The number of nitrogens with one attached hydrogen (secondary N) is 3. The summed E-state index contributed by atoms with van der Waals surface area (Å²) in [5.41, 5.74) is 5.43. The van der Waals surface area contributed by atoms with Crippen LogP contribution in [-0.4, -0.2) is 86.3 Å². The zero-order valence-corrected chi connectivity index (χ0v) is 19.5. The van der Waals surface area contributed by atoms with E-state index in [1.807, 2.05) is 13.8 Å². The SMILES string of the molecule is CCNc1nc(NCC)n2c(SCC(=O)NCCCN3CCCC(C(N)=O)C3)nnc2n1. The predicted octanol–water partition coefficient (Wildman–Crippen LogP) is 0.179. The molecule has 1 fully saturated rings. The molecule has 32 heavy (non-hydrogen) atoms. The number of rotatable bonds is 12. The van der Waals surface area contributed by atoms with E-state index in [9.17, 15) is 9.59 Å². The zero-order valence-electron chi connectivity index (χ0n) is 18.6. The molecular formula is C19H32N10O2S. The van der Waals surface area contributed by atoms with Crippen LogP contribution in [0, 0.1) is 5.92 Å². The number of piperidine rings is 1. The molecule has 3 heterocycles. The van der Waals surface area contributed by atoms with Crippen molar-refractivity contribution < 1.29 is 9.59 Å². The number of anilines is 2. The number of hydrogen-bond donors (Lipinski definition) is 4. The van der Waals surface area contributed by atoms with Crippen LogP contribution in [0.2, 0.25) is 0 Å². The van der Waals surface area contributed by atoms with Gasteiger partial charge in [-0.05, 0) is 46.2 Å². The van der Waals surface area contributed by atoms with Gasteiger partial charge in [-0.15, -0.1) is 10.2 Å². The molecule has 176 valence electrons. The second kappa shape index (κ2) is 11.8. The van der Waals surface area contributed by atoms with E-state index >= 15 is 0 Å². The number of primary amides is 1. The number of hydrogen-bond acceptors (Lipinski definition) is 10. The lowest BCUT2D eigenvalue weighted by molar-refractivity contribution is -0.123. The van der Waals surface area contributed by atoms with Gasteiger partial charge in [0.05, 0.1) is 11.7 Å². The van der Waals surface area contributed by atoms with Crippen LogP contribution in [-0.2, 0) is 9.59 Å². The van der Waals surface area contributed by atoms with Gasteiger partial charge < -0.3 is 26.6 Å². The molecule has 1 atom stereocenters. The second-order valence-corrected chi connectivity index (χ2v) is 8.53. The Labute approximate surface area is 191 Å². The number of fused-ring (bicyclic) bond motifs is 1. The zero-order chi connectivity index (χ0) is 22.9. The Morgan fingerprint density at radius 3 is 2.75 bits per heavy atom. The minimum atomic E-state index is -0.221. The Morgan fingerprint density at radius 1 is 1.19 bits per heavy atom. The van der Waals surface area contributed by atoms with Gasteiger partial charge in [-0.25, -0.2) is 4.40 Å². The summed E-state index contributed by atoms with van der Waals surface area (Å²) in [5, 5.41) is 18.1. The van der Waals surface area contributed by atoms with Crippen LogP contribution in [0.3, 0.4) is 0 Å². The first-order valence-electron chi connectivity index (χ1n) is 11.0. The quantitative estimate of drug-likeness (QED) is 0.252. The number of nitrogens with two attached hydrogens (primary N) is 1. The van der Waals surface area contributed by atoms with Crippen molar-refractivity contribution in [1.82, 2.24) is 34.8 Å². The molecule has 2 aromatic heterocycles. The number of carbonyl (C=O) groups excluding carboxylic acids is 2. The van der Waals surface area contributed by atoms with Gasteiger partial charge in [0.15, 0.2) is 5.16 Å². The van der Waals surface area contributed by atoms with Gasteiger partial charge in [-0.3, -0.25) is 9.59 Å². The molecule has 12 nitrogen and oxygen atoms in total. The molecule has 1 saturated heterocycles. The number of carbonyl (C=O) groups is 2. The molecule has 0 spiro atoms. The minimum absolute atomic E-state index is 0.0578. The van der Waals surface area contributed by atoms with Crippen molar-refractivity contribution in [3.05, 3.63) is 0 Å². The van der Waals surface area contributed by atoms with Gasteiger partial charge >= 0.3 is 0 Å². The Balaban J connectivity index is 1.47. The van der Waals surface area contributed by atoms with E-state index in [0.29, 0.717) is 49.0 Å². The van der Waals surface area contributed by atoms with Crippen molar-refractivity contribution in [3.63, 3.8) is 0 Å². The fraction of sp³-hybridized carbons (Fsp3) is 0.684. The van der Waals surface area contributed by atoms with Crippen LogP contribution in [0.4, 0.5) is 11.9 Å². The summed E-state index contributed by atoms with van der Waals surface area (Å²) in [4.78, 5) is 34.7. The highest BCUT2D eigenvalue weighted by Gasteiger charge is 2.23. The van der Waals surface area contributed by atoms with Crippen molar-refractivity contribution in [1.29, 1.82) is 0 Å². The summed E-state index contributed by atoms with van der Waals surface area (Å²) in [5.74, 6) is 1.35. The normalized spacial score (nSPS) is 16.8. The van der Waals surface area contributed by atoms with E-state index in [-0.39, 0.29) is 23.5 Å². The third-order valence-electron chi connectivity index (χ3n) is 5.13. The summed E-state index contributed by atoms with van der Waals surface area (Å²) in [6, 6.07) is 0. The largest absolute Gasteiger partial charge is 0.369 e. The molecule has 0 bridgehead atoms. The maximum Gasteiger partial charge on any atom is 0.261 e. The van der Waals surface area contributed by atoms with Crippen LogP contribution in [0.1, 0.15) is 33.1 Å². The Morgan fingerprint density at radius 2 is 2.00 bits per heavy atom. The smallest absolute Gasteiger partial charge is 0.261 e. The molecule has 2 aromatic rings. The highest BCUT2D eigenvalue weighted by Crippen LogP contribution is 2.21. The van der Waals surface area contributed by atoms with E-state index in [1.54, 1.807) is 4.40 Å². The van der Waals surface area contributed by atoms with E-state index < -0.39 is 0 Å². The fourth-order valence-electron chi connectivity index (χ4n) is 3.60. The number of likely N-dealkylation sites (tertiary alicyclic amines) is 1. The maximum atomic E-state index is 12.3. The van der Waals surface area contributed by atoms with Crippen molar-refractivity contribution in [2.24, 2.45) is 11.7 Å². The Bertz CT molecular complexity index is 921. The molecule has 1 unspecified atom stereocenters. The molecule has 5 N–H and O–H groups in total. The van der Waals surface area contributed by atoms with Gasteiger partial charge in [-0.1, -0.05) is 11.8 Å². The molecular weight excluding hydrogens is 432 g/mol. The number of amides is 2. The van der Waals surface area contributed by atoms with Crippen LogP contribution in [0.5, 0.6) is 0 Å². The molecule has 1 aliphatic heterocycles. The first kappa shape index (κ1) is 24.0. The van der Waals surface area contributed by atoms with E-state index in [2.05, 4.69) is 41.0 Å². The maximum absolute atomic E-state index is 12.3. The molecule has 0 radical (unpaired) electrons. The molecule has 0 saturated carbocycles. The second-order valence-electron chi connectivity index (χ2n) is 7.58. The van der Waals surface area contributed by atoms with Gasteiger partial charge in [0.25, 0.3) is 5.78 Å². The highest BCUT2D eigenvalue weighted by atomic mass is 32.2. The first-order chi connectivity index (χ1) is 15.5. The van der Waals surface area contributed by atoms with E-state index in [4.69, 9.17) is 5.73 Å². The summed E-state index contributed by atoms with van der Waals surface area (Å²) in [6.45, 7) is 8.42. The van der Waals surface area contributed by atoms with E-state index in [0.717, 1.165) is 32.4 Å². The van der Waals surface area contributed by atoms with Gasteiger partial charge in [-0.2, -0.15) is 9.97 Å². The number of nitrogens with zero attached hydrogens (tertiary/aromatic N) is 6. The molecule has 2 amide bonds. The van der Waals surface area contributed by atoms with Crippen LogP contribution in [0.15, 0.2) is 5.16 Å². The first-order valence-corrected chi connectivity index (χ1v) is 12.0. The highest BCUT2D eigenvalue weighted by molar-refractivity contribution is 7.99.